The van der Waals surface area contributed by atoms with Gasteiger partial charge in [-0.2, -0.15) is 0 Å². The normalized spacial score (nSPS) is 12.4. The van der Waals surface area contributed by atoms with Gasteiger partial charge in [0.25, 0.3) is 0 Å². The Morgan fingerprint density at radius 3 is 2.86 bits per heavy atom. The van der Waals surface area contributed by atoms with Crippen LogP contribution in [-0.2, 0) is 9.53 Å². The van der Waals surface area contributed by atoms with E-state index in [0.29, 0.717) is 12.2 Å². The number of ether oxygens (including phenoxy) is 1. The quantitative estimate of drug-likeness (QED) is 0.903. The van der Waals surface area contributed by atoms with Crippen LogP contribution in [0.5, 0.6) is 0 Å². The standard InChI is InChI=1S/C10H11BrO3/c1-2-14-9(10(12)13)7-4-3-5-8(11)6-7/h3-6,9H,2H2,1H3,(H,12,13)/t9-/m1/s1. The molecule has 0 spiro atoms. The molecule has 0 saturated carbocycles. The number of benzene rings is 1. The molecule has 0 bridgehead atoms. The van der Waals surface area contributed by atoms with Gasteiger partial charge in [-0.15, -0.1) is 0 Å². The number of rotatable bonds is 4. The fourth-order valence-corrected chi connectivity index (χ4v) is 1.56. The van der Waals surface area contributed by atoms with Gasteiger partial charge in [-0.05, 0) is 24.6 Å². The smallest absolute Gasteiger partial charge is 0.337 e. The maximum Gasteiger partial charge on any atom is 0.337 e. The van der Waals surface area contributed by atoms with E-state index in [9.17, 15) is 4.79 Å². The molecule has 0 aromatic heterocycles. The summed E-state index contributed by atoms with van der Waals surface area (Å²) in [6.45, 7) is 2.15. The Labute approximate surface area is 90.8 Å². The average molecular weight is 259 g/mol. The second-order valence-electron chi connectivity index (χ2n) is 2.73. The van der Waals surface area contributed by atoms with E-state index in [0.717, 1.165) is 4.47 Å². The van der Waals surface area contributed by atoms with E-state index in [1.807, 2.05) is 6.07 Å². The zero-order chi connectivity index (χ0) is 10.6. The van der Waals surface area contributed by atoms with Gasteiger partial charge in [-0.3, -0.25) is 0 Å². The highest BCUT2D eigenvalue weighted by molar-refractivity contribution is 9.10. The third kappa shape index (κ3) is 2.82. The molecule has 76 valence electrons. The summed E-state index contributed by atoms with van der Waals surface area (Å²) in [5, 5.41) is 8.91. The Kier molecular flexibility index (Phi) is 4.10. The van der Waals surface area contributed by atoms with E-state index in [1.165, 1.54) is 0 Å². The molecule has 0 aliphatic carbocycles. The summed E-state index contributed by atoms with van der Waals surface area (Å²) in [4.78, 5) is 10.9. The van der Waals surface area contributed by atoms with Crippen LogP contribution in [-0.4, -0.2) is 17.7 Å². The molecule has 1 aromatic carbocycles. The van der Waals surface area contributed by atoms with Gasteiger partial charge in [0.2, 0.25) is 0 Å². The van der Waals surface area contributed by atoms with Crippen LogP contribution in [0.1, 0.15) is 18.6 Å². The first kappa shape index (κ1) is 11.2. The maximum atomic E-state index is 10.9. The van der Waals surface area contributed by atoms with E-state index in [1.54, 1.807) is 25.1 Å². The molecule has 1 aromatic rings. The number of aliphatic carboxylic acids is 1. The van der Waals surface area contributed by atoms with Crippen molar-refractivity contribution in [1.29, 1.82) is 0 Å². The van der Waals surface area contributed by atoms with Crippen LogP contribution < -0.4 is 0 Å². The molecule has 0 radical (unpaired) electrons. The van der Waals surface area contributed by atoms with Gasteiger partial charge in [0.1, 0.15) is 0 Å². The SMILES string of the molecule is CCO[C@@H](C(=O)O)c1cccc(Br)c1. The van der Waals surface area contributed by atoms with Crippen molar-refractivity contribution in [3.63, 3.8) is 0 Å². The van der Waals surface area contributed by atoms with Crippen molar-refractivity contribution in [3.05, 3.63) is 34.3 Å². The highest BCUT2D eigenvalue weighted by atomic mass is 79.9. The van der Waals surface area contributed by atoms with Gasteiger partial charge in [0.05, 0.1) is 0 Å². The second-order valence-corrected chi connectivity index (χ2v) is 3.64. The van der Waals surface area contributed by atoms with Crippen molar-refractivity contribution in [2.24, 2.45) is 0 Å². The molecular weight excluding hydrogens is 248 g/mol. The first-order valence-corrected chi connectivity index (χ1v) is 5.04. The monoisotopic (exact) mass is 258 g/mol. The second kappa shape index (κ2) is 5.12. The van der Waals surface area contributed by atoms with Crippen molar-refractivity contribution in [3.8, 4) is 0 Å². The Balaban J connectivity index is 2.93. The van der Waals surface area contributed by atoms with Crippen molar-refractivity contribution in [1.82, 2.24) is 0 Å². The molecule has 1 atom stereocenters. The summed E-state index contributed by atoms with van der Waals surface area (Å²) in [5.74, 6) is -0.968. The van der Waals surface area contributed by atoms with Crippen molar-refractivity contribution in [2.75, 3.05) is 6.61 Å². The van der Waals surface area contributed by atoms with Crippen LogP contribution in [0.3, 0.4) is 0 Å². The molecular formula is C10H11BrO3. The van der Waals surface area contributed by atoms with Gasteiger partial charge in [-0.1, -0.05) is 28.1 Å². The molecule has 4 heteroatoms. The van der Waals surface area contributed by atoms with Gasteiger partial charge in [-0.25, -0.2) is 4.79 Å². The Morgan fingerprint density at radius 2 is 2.36 bits per heavy atom. The lowest BCUT2D eigenvalue weighted by molar-refractivity contribution is -0.150. The molecule has 3 nitrogen and oxygen atoms in total. The molecule has 1 rings (SSSR count). The zero-order valence-electron chi connectivity index (χ0n) is 7.74. The van der Waals surface area contributed by atoms with E-state index >= 15 is 0 Å². The van der Waals surface area contributed by atoms with Gasteiger partial charge >= 0.3 is 5.97 Å². The fourth-order valence-electron chi connectivity index (χ4n) is 1.15. The maximum absolute atomic E-state index is 10.9. The van der Waals surface area contributed by atoms with Gasteiger partial charge in [0.15, 0.2) is 6.10 Å². The van der Waals surface area contributed by atoms with Gasteiger partial charge < -0.3 is 9.84 Å². The number of carboxylic acids is 1. The molecule has 0 fully saturated rings. The molecule has 0 heterocycles. The van der Waals surface area contributed by atoms with Crippen LogP contribution in [0.4, 0.5) is 0 Å². The van der Waals surface area contributed by atoms with Crippen LogP contribution in [0.2, 0.25) is 0 Å². The fraction of sp³-hybridized carbons (Fsp3) is 0.300. The van der Waals surface area contributed by atoms with Crippen LogP contribution in [0.15, 0.2) is 28.7 Å². The molecule has 14 heavy (non-hydrogen) atoms. The average Bonchev–Trinajstić information content (AvgIpc) is 2.13. The van der Waals surface area contributed by atoms with E-state index in [2.05, 4.69) is 15.9 Å². The lowest BCUT2D eigenvalue weighted by Gasteiger charge is -2.12. The molecule has 0 aliphatic heterocycles. The van der Waals surface area contributed by atoms with E-state index in [4.69, 9.17) is 9.84 Å². The van der Waals surface area contributed by atoms with E-state index < -0.39 is 12.1 Å². The summed E-state index contributed by atoms with van der Waals surface area (Å²) >= 11 is 3.28. The van der Waals surface area contributed by atoms with Gasteiger partial charge in [0, 0.05) is 11.1 Å². The predicted octanol–water partition coefficient (Wildman–Crippen LogP) is 2.61. The lowest BCUT2D eigenvalue weighted by atomic mass is 10.1. The minimum absolute atomic E-state index is 0.378. The van der Waals surface area contributed by atoms with Crippen molar-refractivity contribution in [2.45, 2.75) is 13.0 Å². The largest absolute Gasteiger partial charge is 0.479 e. The number of carboxylic acid groups (broad SMARTS) is 1. The van der Waals surface area contributed by atoms with Crippen LogP contribution in [0.25, 0.3) is 0 Å². The summed E-state index contributed by atoms with van der Waals surface area (Å²) in [6.07, 6.45) is -0.877. The number of carbonyl (C=O) groups is 1. The summed E-state index contributed by atoms with van der Waals surface area (Å²) in [7, 11) is 0. The lowest BCUT2D eigenvalue weighted by Crippen LogP contribution is -2.15. The minimum Gasteiger partial charge on any atom is -0.479 e. The Bertz CT molecular complexity index is 325. The molecule has 0 unspecified atom stereocenters. The van der Waals surface area contributed by atoms with Crippen molar-refractivity contribution >= 4 is 21.9 Å². The third-order valence-electron chi connectivity index (χ3n) is 1.71. The molecule has 0 amide bonds. The number of halogens is 1. The van der Waals surface area contributed by atoms with E-state index in [-0.39, 0.29) is 0 Å². The highest BCUT2D eigenvalue weighted by Gasteiger charge is 2.19. The summed E-state index contributed by atoms with van der Waals surface area (Å²) in [6, 6.07) is 7.11. The summed E-state index contributed by atoms with van der Waals surface area (Å²) in [5.41, 5.74) is 0.647. The Morgan fingerprint density at radius 1 is 1.64 bits per heavy atom. The van der Waals surface area contributed by atoms with Crippen molar-refractivity contribution < 1.29 is 14.6 Å². The molecule has 1 N–H and O–H groups in total. The highest BCUT2D eigenvalue weighted by Crippen LogP contribution is 2.21. The Hall–Kier alpha value is -0.870. The predicted molar refractivity (Wildman–Crippen MR) is 56.1 cm³/mol. The third-order valence-corrected chi connectivity index (χ3v) is 2.20. The van der Waals surface area contributed by atoms with Crippen LogP contribution in [0, 0.1) is 0 Å². The zero-order valence-corrected chi connectivity index (χ0v) is 9.32. The molecule has 0 aliphatic rings. The first-order chi connectivity index (χ1) is 6.65. The number of hydrogen-bond donors (Lipinski definition) is 1. The topological polar surface area (TPSA) is 46.5 Å². The van der Waals surface area contributed by atoms with Crippen LogP contribution >= 0.6 is 15.9 Å². The first-order valence-electron chi connectivity index (χ1n) is 4.25. The summed E-state index contributed by atoms with van der Waals surface area (Å²) < 4.78 is 5.97. The minimum atomic E-state index is -0.968. The number of hydrogen-bond acceptors (Lipinski definition) is 2. The molecule has 0 saturated heterocycles.